The SMILES string of the molecule is CC1=C(NC(=O)c2ccc(Nc3nc(-c4ccccc4)c4ccccc4n3)cc2)C=C(CO)CC1. The lowest BCUT2D eigenvalue weighted by Crippen LogP contribution is -2.24. The number of benzene rings is 3. The van der Waals surface area contributed by atoms with Crippen molar-refractivity contribution in [1.29, 1.82) is 0 Å². The number of fused-ring (bicyclic) bond motifs is 1. The van der Waals surface area contributed by atoms with Gasteiger partial charge in [-0.2, -0.15) is 0 Å². The number of hydrogen-bond donors (Lipinski definition) is 3. The lowest BCUT2D eigenvalue weighted by molar-refractivity contribution is 0.0966. The monoisotopic (exact) mass is 462 g/mol. The number of anilines is 2. The van der Waals surface area contributed by atoms with E-state index < -0.39 is 0 Å². The van der Waals surface area contributed by atoms with Crippen molar-refractivity contribution in [3.63, 3.8) is 0 Å². The molecule has 1 aliphatic rings. The van der Waals surface area contributed by atoms with E-state index in [1.54, 1.807) is 12.1 Å². The van der Waals surface area contributed by atoms with E-state index in [0.717, 1.165) is 57.5 Å². The van der Waals surface area contributed by atoms with Crippen LogP contribution in [0.25, 0.3) is 22.2 Å². The molecule has 6 heteroatoms. The van der Waals surface area contributed by atoms with E-state index in [0.29, 0.717) is 11.5 Å². The summed E-state index contributed by atoms with van der Waals surface area (Å²) in [5.41, 5.74) is 6.87. The van der Waals surface area contributed by atoms with E-state index >= 15 is 0 Å². The van der Waals surface area contributed by atoms with E-state index in [1.165, 1.54) is 0 Å². The van der Waals surface area contributed by atoms with Crippen LogP contribution in [0.1, 0.15) is 30.1 Å². The summed E-state index contributed by atoms with van der Waals surface area (Å²) in [4.78, 5) is 22.3. The third kappa shape index (κ3) is 4.98. The van der Waals surface area contributed by atoms with E-state index in [1.807, 2.05) is 79.7 Å². The van der Waals surface area contributed by atoms with Gasteiger partial charge in [0.05, 0.1) is 17.8 Å². The molecular weight excluding hydrogens is 436 g/mol. The Morgan fingerprint density at radius 1 is 0.914 bits per heavy atom. The van der Waals surface area contributed by atoms with Crippen LogP contribution >= 0.6 is 0 Å². The Labute approximate surface area is 204 Å². The summed E-state index contributed by atoms with van der Waals surface area (Å²) >= 11 is 0. The Hall–Kier alpha value is -4.29. The summed E-state index contributed by atoms with van der Waals surface area (Å²) in [6.07, 6.45) is 3.53. The highest BCUT2D eigenvalue weighted by Gasteiger charge is 2.14. The van der Waals surface area contributed by atoms with Gasteiger partial charge in [-0.3, -0.25) is 4.79 Å². The predicted molar refractivity (Wildman–Crippen MR) is 139 cm³/mol. The first-order valence-corrected chi connectivity index (χ1v) is 11.6. The fourth-order valence-corrected chi connectivity index (χ4v) is 4.13. The van der Waals surface area contributed by atoms with Crippen LogP contribution in [0.5, 0.6) is 0 Å². The summed E-state index contributed by atoms with van der Waals surface area (Å²) in [7, 11) is 0. The second-order valence-corrected chi connectivity index (χ2v) is 8.59. The molecular formula is C29H26N4O2. The van der Waals surface area contributed by atoms with Gasteiger partial charge in [-0.15, -0.1) is 0 Å². The molecule has 0 aliphatic heterocycles. The lowest BCUT2D eigenvalue weighted by atomic mass is 9.97. The molecule has 3 aromatic carbocycles. The zero-order valence-electron chi connectivity index (χ0n) is 19.5. The maximum atomic E-state index is 12.8. The van der Waals surface area contributed by atoms with Crippen LogP contribution in [0.2, 0.25) is 0 Å². The van der Waals surface area contributed by atoms with E-state index in [2.05, 4.69) is 15.6 Å². The number of aliphatic hydroxyl groups is 1. The first-order valence-electron chi connectivity index (χ1n) is 11.6. The van der Waals surface area contributed by atoms with Crippen molar-refractivity contribution in [3.8, 4) is 11.3 Å². The Morgan fingerprint density at radius 3 is 2.43 bits per heavy atom. The van der Waals surface area contributed by atoms with Crippen LogP contribution in [0, 0.1) is 0 Å². The first-order chi connectivity index (χ1) is 17.1. The molecule has 1 heterocycles. The minimum Gasteiger partial charge on any atom is -0.392 e. The van der Waals surface area contributed by atoms with E-state index in [9.17, 15) is 9.90 Å². The van der Waals surface area contributed by atoms with Crippen molar-refractivity contribution in [2.24, 2.45) is 0 Å². The van der Waals surface area contributed by atoms with Gasteiger partial charge in [0.15, 0.2) is 0 Å². The maximum Gasteiger partial charge on any atom is 0.255 e. The minimum atomic E-state index is -0.186. The number of hydrogen-bond acceptors (Lipinski definition) is 5. The smallest absolute Gasteiger partial charge is 0.255 e. The normalized spacial score (nSPS) is 13.5. The number of carbonyl (C=O) groups excluding carboxylic acids is 1. The highest BCUT2D eigenvalue weighted by atomic mass is 16.3. The summed E-state index contributed by atoms with van der Waals surface area (Å²) < 4.78 is 0. The zero-order chi connectivity index (χ0) is 24.2. The fraction of sp³-hybridized carbons (Fsp3) is 0.138. The predicted octanol–water partition coefficient (Wildman–Crippen LogP) is 5.76. The molecule has 0 radical (unpaired) electrons. The maximum absolute atomic E-state index is 12.8. The highest BCUT2D eigenvalue weighted by Crippen LogP contribution is 2.28. The molecule has 0 saturated heterocycles. The third-order valence-corrected chi connectivity index (χ3v) is 6.13. The summed E-state index contributed by atoms with van der Waals surface area (Å²) in [6.45, 7) is 2.01. The lowest BCUT2D eigenvalue weighted by Gasteiger charge is -2.17. The van der Waals surface area contributed by atoms with E-state index in [4.69, 9.17) is 4.98 Å². The van der Waals surface area contributed by atoms with Gasteiger partial charge in [0.25, 0.3) is 5.91 Å². The first kappa shape index (κ1) is 22.5. The van der Waals surface area contributed by atoms with Crippen LogP contribution in [-0.4, -0.2) is 27.6 Å². The van der Waals surface area contributed by atoms with Crippen molar-refractivity contribution >= 4 is 28.4 Å². The quantitative estimate of drug-likeness (QED) is 0.339. The molecule has 0 bridgehead atoms. The van der Waals surface area contributed by atoms with Crippen molar-refractivity contribution in [3.05, 3.63) is 107 Å². The molecule has 174 valence electrons. The number of nitrogens with one attached hydrogen (secondary N) is 2. The molecule has 35 heavy (non-hydrogen) atoms. The average Bonchev–Trinajstić information content (AvgIpc) is 2.90. The molecule has 6 nitrogen and oxygen atoms in total. The van der Waals surface area contributed by atoms with Gasteiger partial charge in [0, 0.05) is 27.9 Å². The summed E-state index contributed by atoms with van der Waals surface area (Å²) in [5, 5.41) is 16.7. The molecule has 0 unspecified atom stereocenters. The molecule has 4 aromatic rings. The topological polar surface area (TPSA) is 87.1 Å². The number of aliphatic hydroxyl groups excluding tert-OH is 1. The van der Waals surface area contributed by atoms with Crippen LogP contribution in [0.3, 0.4) is 0 Å². The van der Waals surface area contributed by atoms with Crippen molar-refractivity contribution in [2.75, 3.05) is 11.9 Å². The van der Waals surface area contributed by atoms with Crippen molar-refractivity contribution in [2.45, 2.75) is 19.8 Å². The van der Waals surface area contributed by atoms with Crippen molar-refractivity contribution in [1.82, 2.24) is 15.3 Å². The molecule has 1 aliphatic carbocycles. The van der Waals surface area contributed by atoms with Gasteiger partial charge < -0.3 is 15.7 Å². The average molecular weight is 463 g/mol. The van der Waals surface area contributed by atoms with E-state index in [-0.39, 0.29) is 12.5 Å². The van der Waals surface area contributed by atoms with Gasteiger partial charge >= 0.3 is 0 Å². The zero-order valence-corrected chi connectivity index (χ0v) is 19.5. The molecule has 5 rings (SSSR count). The molecule has 0 atom stereocenters. The Bertz CT molecular complexity index is 1440. The number of nitrogens with zero attached hydrogens (tertiary/aromatic N) is 2. The molecule has 0 saturated carbocycles. The summed E-state index contributed by atoms with van der Waals surface area (Å²) in [5.74, 6) is 0.305. The Kier molecular flexibility index (Phi) is 6.37. The number of carbonyl (C=O) groups is 1. The van der Waals surface area contributed by atoms with Crippen molar-refractivity contribution < 1.29 is 9.90 Å². The molecule has 0 spiro atoms. The van der Waals surface area contributed by atoms with Gasteiger partial charge in [0.2, 0.25) is 5.95 Å². The Balaban J connectivity index is 1.37. The fourth-order valence-electron chi connectivity index (χ4n) is 4.13. The number of para-hydroxylation sites is 1. The van der Waals surface area contributed by atoms with Crippen LogP contribution in [-0.2, 0) is 0 Å². The number of aromatic nitrogens is 2. The third-order valence-electron chi connectivity index (χ3n) is 6.13. The molecule has 1 aromatic heterocycles. The van der Waals surface area contributed by atoms with Crippen LogP contribution in [0.4, 0.5) is 11.6 Å². The molecule has 1 amide bonds. The number of amides is 1. The minimum absolute atomic E-state index is 0.00977. The van der Waals surface area contributed by atoms with Crippen LogP contribution in [0.15, 0.2) is 102 Å². The standard InChI is InChI=1S/C29H26N4O2/c1-19-11-12-20(18-34)17-26(19)31-28(35)22-13-15-23(16-14-22)30-29-32-25-10-6-5-9-24(25)27(33-29)21-7-3-2-4-8-21/h2-10,13-17,34H,11-12,18H2,1H3,(H,31,35)(H,30,32,33). The number of rotatable bonds is 6. The second kappa shape index (κ2) is 9.91. The van der Waals surface area contributed by atoms with Gasteiger partial charge in [0.1, 0.15) is 0 Å². The van der Waals surface area contributed by atoms with Gasteiger partial charge in [-0.1, -0.05) is 48.5 Å². The largest absolute Gasteiger partial charge is 0.392 e. The summed E-state index contributed by atoms with van der Waals surface area (Å²) in [6, 6.07) is 25.2. The second-order valence-electron chi connectivity index (χ2n) is 8.59. The van der Waals surface area contributed by atoms with Crippen LogP contribution < -0.4 is 10.6 Å². The molecule has 0 fully saturated rings. The van der Waals surface area contributed by atoms with Gasteiger partial charge in [-0.05, 0) is 67.3 Å². The molecule has 3 N–H and O–H groups in total. The highest BCUT2D eigenvalue weighted by molar-refractivity contribution is 5.96. The van der Waals surface area contributed by atoms with Gasteiger partial charge in [-0.25, -0.2) is 9.97 Å². The Morgan fingerprint density at radius 2 is 1.66 bits per heavy atom. The number of allylic oxidation sites excluding steroid dienone is 2.